The zero-order chi connectivity index (χ0) is 23.6. The van der Waals surface area contributed by atoms with Crippen LogP contribution >= 0.6 is 0 Å². The topological polar surface area (TPSA) is 59.0 Å². The largest absolute Gasteiger partial charge is 0.299 e. The van der Waals surface area contributed by atoms with Crippen molar-refractivity contribution in [3.63, 3.8) is 0 Å². The Morgan fingerprint density at radius 3 is 2.63 bits per heavy atom. The highest BCUT2D eigenvalue weighted by atomic mass is 16.1. The van der Waals surface area contributed by atoms with Gasteiger partial charge in [0.25, 0.3) is 0 Å². The van der Waals surface area contributed by atoms with E-state index in [9.17, 15) is 4.79 Å². The van der Waals surface area contributed by atoms with Gasteiger partial charge in [-0.15, -0.1) is 0 Å². The summed E-state index contributed by atoms with van der Waals surface area (Å²) in [5.41, 5.74) is 4.38. The minimum Gasteiger partial charge on any atom is -0.299 e. The van der Waals surface area contributed by atoms with Crippen LogP contribution in [0.3, 0.4) is 0 Å². The zero-order valence-electron chi connectivity index (χ0n) is 20.7. The molecule has 0 N–H and O–H groups in total. The average molecular weight is 469 g/mol. The molecule has 0 amide bonds. The predicted molar refractivity (Wildman–Crippen MR) is 138 cm³/mol. The molecule has 0 radical (unpaired) electrons. The quantitative estimate of drug-likeness (QED) is 0.391. The first-order valence-corrected chi connectivity index (χ1v) is 13.6. The summed E-state index contributed by atoms with van der Waals surface area (Å²) < 4.78 is 0. The van der Waals surface area contributed by atoms with Crippen molar-refractivity contribution >= 4 is 16.7 Å². The molecule has 2 saturated carbocycles. The third-order valence-electron chi connectivity index (χ3n) is 8.47. The lowest BCUT2D eigenvalue weighted by Crippen LogP contribution is -2.33. The van der Waals surface area contributed by atoms with Gasteiger partial charge in [-0.05, 0) is 68.5 Å². The van der Waals surface area contributed by atoms with Crippen LogP contribution < -0.4 is 0 Å². The summed E-state index contributed by atoms with van der Waals surface area (Å²) in [6.45, 7) is 3.29. The van der Waals surface area contributed by atoms with Crippen molar-refractivity contribution in [2.24, 2.45) is 17.8 Å². The van der Waals surface area contributed by atoms with Crippen LogP contribution in [0.1, 0.15) is 78.8 Å². The molecule has 0 atom stereocenters. The van der Waals surface area contributed by atoms with Gasteiger partial charge in [0.1, 0.15) is 5.82 Å². The SMILES string of the molecule is O=C(CC1CCC(CCN2CCc3nc(CC4CC4)ncc3C2)CC1)c1cccc2ncccc12. The molecule has 3 heterocycles. The van der Waals surface area contributed by atoms with E-state index in [1.165, 1.54) is 62.7 Å². The molecule has 35 heavy (non-hydrogen) atoms. The number of ketones is 1. The van der Waals surface area contributed by atoms with Gasteiger partial charge in [-0.2, -0.15) is 0 Å². The molecule has 3 aromatic rings. The first-order valence-electron chi connectivity index (χ1n) is 13.6. The van der Waals surface area contributed by atoms with Crippen LogP contribution in [0.25, 0.3) is 10.9 Å². The molecule has 0 spiro atoms. The molecule has 6 rings (SSSR count). The lowest BCUT2D eigenvalue weighted by atomic mass is 9.78. The Morgan fingerprint density at radius 1 is 0.943 bits per heavy atom. The number of rotatable bonds is 8. The van der Waals surface area contributed by atoms with Crippen LogP contribution in [0.5, 0.6) is 0 Å². The summed E-state index contributed by atoms with van der Waals surface area (Å²) in [4.78, 5) is 29.6. The maximum atomic E-state index is 13.1. The smallest absolute Gasteiger partial charge is 0.163 e. The normalized spacial score (nSPS) is 22.7. The molecular weight excluding hydrogens is 432 g/mol. The van der Waals surface area contributed by atoms with Gasteiger partial charge in [0, 0.05) is 67.0 Å². The first kappa shape index (κ1) is 22.8. The summed E-state index contributed by atoms with van der Waals surface area (Å²) >= 11 is 0. The van der Waals surface area contributed by atoms with Crippen LogP contribution in [0.4, 0.5) is 0 Å². The van der Waals surface area contributed by atoms with E-state index in [0.29, 0.717) is 12.3 Å². The molecule has 2 aromatic heterocycles. The fourth-order valence-corrected chi connectivity index (χ4v) is 6.09. The van der Waals surface area contributed by atoms with E-state index >= 15 is 0 Å². The van der Waals surface area contributed by atoms with E-state index in [2.05, 4.69) is 21.1 Å². The van der Waals surface area contributed by atoms with Crippen LogP contribution in [-0.2, 0) is 19.4 Å². The Hall–Kier alpha value is -2.66. The van der Waals surface area contributed by atoms with Crippen molar-refractivity contribution in [2.45, 2.75) is 70.8 Å². The number of fused-ring (bicyclic) bond motifs is 2. The molecule has 2 aliphatic carbocycles. The zero-order valence-corrected chi connectivity index (χ0v) is 20.7. The van der Waals surface area contributed by atoms with Gasteiger partial charge < -0.3 is 0 Å². The Morgan fingerprint density at radius 2 is 1.77 bits per heavy atom. The number of nitrogens with zero attached hydrogens (tertiary/aromatic N) is 4. The number of hydrogen-bond acceptors (Lipinski definition) is 5. The van der Waals surface area contributed by atoms with Crippen LogP contribution in [0, 0.1) is 17.8 Å². The van der Waals surface area contributed by atoms with Gasteiger partial charge in [0.05, 0.1) is 5.52 Å². The summed E-state index contributed by atoms with van der Waals surface area (Å²) in [6, 6.07) is 9.85. The monoisotopic (exact) mass is 468 g/mol. The van der Waals surface area contributed by atoms with Crippen molar-refractivity contribution in [1.82, 2.24) is 19.9 Å². The number of carbonyl (C=O) groups excluding carboxylic acids is 1. The summed E-state index contributed by atoms with van der Waals surface area (Å²) in [7, 11) is 0. The molecule has 0 bridgehead atoms. The molecule has 0 saturated heterocycles. The molecular formula is C30H36N4O. The summed E-state index contributed by atoms with van der Waals surface area (Å²) in [5.74, 6) is 3.50. The van der Waals surface area contributed by atoms with E-state index in [1.807, 2.05) is 30.3 Å². The van der Waals surface area contributed by atoms with E-state index in [-0.39, 0.29) is 5.78 Å². The first-order chi connectivity index (χ1) is 17.2. The second-order valence-corrected chi connectivity index (χ2v) is 11.1. The third kappa shape index (κ3) is 5.45. The molecule has 5 heteroatoms. The van der Waals surface area contributed by atoms with Crippen molar-refractivity contribution in [3.05, 3.63) is 65.4 Å². The second-order valence-electron chi connectivity index (χ2n) is 11.1. The number of hydrogen-bond donors (Lipinski definition) is 0. The lowest BCUT2D eigenvalue weighted by molar-refractivity contribution is 0.0941. The number of benzene rings is 1. The van der Waals surface area contributed by atoms with Gasteiger partial charge >= 0.3 is 0 Å². The van der Waals surface area contributed by atoms with Gasteiger partial charge in [-0.3, -0.25) is 14.7 Å². The average Bonchev–Trinajstić information content (AvgIpc) is 3.72. The van der Waals surface area contributed by atoms with Gasteiger partial charge in [0.2, 0.25) is 0 Å². The maximum absolute atomic E-state index is 13.1. The van der Waals surface area contributed by atoms with Crippen LogP contribution in [-0.4, -0.2) is 38.7 Å². The highest BCUT2D eigenvalue weighted by Crippen LogP contribution is 2.35. The van der Waals surface area contributed by atoms with Gasteiger partial charge in [-0.1, -0.05) is 31.0 Å². The van der Waals surface area contributed by atoms with Gasteiger partial charge in [-0.25, -0.2) is 9.97 Å². The van der Waals surface area contributed by atoms with Gasteiger partial charge in [0.15, 0.2) is 5.78 Å². The molecule has 3 aliphatic rings. The van der Waals surface area contributed by atoms with E-state index < -0.39 is 0 Å². The van der Waals surface area contributed by atoms with Crippen molar-refractivity contribution in [3.8, 4) is 0 Å². The molecule has 0 unspecified atom stereocenters. The molecule has 1 aromatic carbocycles. The minimum atomic E-state index is 0.279. The van der Waals surface area contributed by atoms with E-state index in [0.717, 1.165) is 60.1 Å². The highest BCUT2D eigenvalue weighted by molar-refractivity contribution is 6.07. The highest BCUT2D eigenvalue weighted by Gasteiger charge is 2.26. The minimum absolute atomic E-state index is 0.279. The van der Waals surface area contributed by atoms with E-state index in [1.54, 1.807) is 6.20 Å². The fraction of sp³-hybridized carbons (Fsp3) is 0.533. The number of carbonyl (C=O) groups is 1. The van der Waals surface area contributed by atoms with Crippen molar-refractivity contribution in [2.75, 3.05) is 13.1 Å². The number of Topliss-reactive ketones (excluding diaryl/α,β-unsaturated/α-hetero) is 1. The molecule has 1 aliphatic heterocycles. The van der Waals surface area contributed by atoms with E-state index in [4.69, 9.17) is 4.98 Å². The second kappa shape index (κ2) is 10.1. The Balaban J connectivity index is 0.960. The predicted octanol–water partition coefficient (Wildman–Crippen LogP) is 5.80. The summed E-state index contributed by atoms with van der Waals surface area (Å²) in [5, 5.41) is 0.987. The Kier molecular flexibility index (Phi) is 6.60. The van der Waals surface area contributed by atoms with Crippen LogP contribution in [0.15, 0.2) is 42.7 Å². The number of aromatic nitrogens is 3. The molecule has 5 nitrogen and oxygen atoms in total. The van der Waals surface area contributed by atoms with Crippen LogP contribution in [0.2, 0.25) is 0 Å². The molecule has 182 valence electrons. The summed E-state index contributed by atoms with van der Waals surface area (Å²) in [6.07, 6.45) is 15.6. The fourth-order valence-electron chi connectivity index (χ4n) is 6.09. The standard InChI is InChI=1S/C30H36N4O/c35-29(26-3-1-5-28-25(26)4-2-14-31-28)17-22-8-6-21(7-9-22)12-15-34-16-13-27-24(20-34)19-32-30(33-27)18-23-10-11-23/h1-5,14,19,21-23H,6-13,15-18,20H2. The Labute approximate surface area is 208 Å². The maximum Gasteiger partial charge on any atom is 0.163 e. The van der Waals surface area contributed by atoms with Crippen molar-refractivity contribution < 1.29 is 4.79 Å². The third-order valence-corrected chi connectivity index (χ3v) is 8.47. The Bertz CT molecular complexity index is 1190. The van der Waals surface area contributed by atoms with Crippen molar-refractivity contribution in [1.29, 1.82) is 0 Å². The lowest BCUT2D eigenvalue weighted by Gasteiger charge is -2.32. The number of pyridine rings is 1. The molecule has 2 fully saturated rings.